The first-order valence-corrected chi connectivity index (χ1v) is 8.60. The number of anilines is 1. The van der Waals surface area contributed by atoms with Gasteiger partial charge in [-0.1, -0.05) is 6.07 Å². The lowest BCUT2D eigenvalue weighted by Crippen LogP contribution is -2.30. The minimum atomic E-state index is -0.140. The molecule has 1 amide bonds. The van der Waals surface area contributed by atoms with Crippen LogP contribution in [0.2, 0.25) is 0 Å². The van der Waals surface area contributed by atoms with Gasteiger partial charge in [0, 0.05) is 42.7 Å². The van der Waals surface area contributed by atoms with Crippen molar-refractivity contribution < 1.29 is 4.79 Å². The number of pyridine rings is 2. The molecule has 1 N–H and O–H groups in total. The Morgan fingerprint density at radius 3 is 2.70 bits per heavy atom. The second-order valence-electron chi connectivity index (χ2n) is 5.65. The van der Waals surface area contributed by atoms with Crippen LogP contribution in [0.25, 0.3) is 0 Å². The Labute approximate surface area is 144 Å². The average molecular weight is 375 g/mol. The third-order valence-electron chi connectivity index (χ3n) is 3.91. The van der Waals surface area contributed by atoms with Crippen LogP contribution >= 0.6 is 15.9 Å². The SMILES string of the molecule is O=C(NCc1ccc(N2CCCCC2)nc1)c1cncc(Br)c1. The number of rotatable bonds is 4. The summed E-state index contributed by atoms with van der Waals surface area (Å²) in [7, 11) is 0. The molecule has 2 aromatic rings. The van der Waals surface area contributed by atoms with E-state index >= 15 is 0 Å². The number of carbonyl (C=O) groups excluding carboxylic acids is 1. The van der Waals surface area contributed by atoms with E-state index in [-0.39, 0.29) is 5.91 Å². The van der Waals surface area contributed by atoms with E-state index in [2.05, 4.69) is 36.1 Å². The summed E-state index contributed by atoms with van der Waals surface area (Å²) in [5.74, 6) is 0.884. The highest BCUT2D eigenvalue weighted by atomic mass is 79.9. The third kappa shape index (κ3) is 4.28. The van der Waals surface area contributed by atoms with Crippen molar-refractivity contribution in [1.82, 2.24) is 15.3 Å². The van der Waals surface area contributed by atoms with Crippen LogP contribution in [0.1, 0.15) is 35.2 Å². The van der Waals surface area contributed by atoms with Gasteiger partial charge in [-0.3, -0.25) is 9.78 Å². The second kappa shape index (κ2) is 7.55. The summed E-state index contributed by atoms with van der Waals surface area (Å²) in [6, 6.07) is 5.81. The predicted molar refractivity (Wildman–Crippen MR) is 93.4 cm³/mol. The number of carbonyl (C=O) groups is 1. The van der Waals surface area contributed by atoms with E-state index in [1.54, 1.807) is 18.5 Å². The highest BCUT2D eigenvalue weighted by Gasteiger charge is 2.12. The molecule has 0 aromatic carbocycles. The molecule has 0 atom stereocenters. The molecule has 1 aliphatic rings. The Morgan fingerprint density at radius 1 is 1.17 bits per heavy atom. The number of hydrogen-bond donors (Lipinski definition) is 1. The molecule has 120 valence electrons. The average Bonchev–Trinajstić information content (AvgIpc) is 2.61. The first-order valence-electron chi connectivity index (χ1n) is 7.81. The number of hydrogen-bond acceptors (Lipinski definition) is 4. The standard InChI is InChI=1S/C17H19BrN4O/c18-15-8-14(11-19-12-15)17(23)21-10-13-4-5-16(20-9-13)22-6-2-1-3-7-22/h4-5,8-9,11-12H,1-3,6-7,10H2,(H,21,23). The number of nitrogens with one attached hydrogen (secondary N) is 1. The summed E-state index contributed by atoms with van der Waals surface area (Å²) < 4.78 is 0.790. The summed E-state index contributed by atoms with van der Waals surface area (Å²) in [6.07, 6.45) is 8.83. The molecular weight excluding hydrogens is 356 g/mol. The zero-order chi connectivity index (χ0) is 16.1. The fourth-order valence-corrected chi connectivity index (χ4v) is 3.02. The monoisotopic (exact) mass is 374 g/mol. The van der Waals surface area contributed by atoms with Crippen molar-refractivity contribution in [3.05, 3.63) is 52.4 Å². The van der Waals surface area contributed by atoms with Crippen molar-refractivity contribution >= 4 is 27.7 Å². The van der Waals surface area contributed by atoms with E-state index in [9.17, 15) is 4.79 Å². The van der Waals surface area contributed by atoms with Gasteiger partial charge in [-0.2, -0.15) is 0 Å². The number of halogens is 1. The summed E-state index contributed by atoms with van der Waals surface area (Å²) in [4.78, 5) is 22.9. The van der Waals surface area contributed by atoms with E-state index in [1.165, 1.54) is 19.3 Å². The molecule has 0 bridgehead atoms. The molecule has 0 radical (unpaired) electrons. The Hall–Kier alpha value is -1.95. The van der Waals surface area contributed by atoms with Gasteiger partial charge in [0.25, 0.3) is 5.91 Å². The Bertz CT molecular complexity index is 669. The fourth-order valence-electron chi connectivity index (χ4n) is 2.65. The molecule has 2 aromatic heterocycles. The second-order valence-corrected chi connectivity index (χ2v) is 6.56. The molecule has 0 saturated carbocycles. The van der Waals surface area contributed by atoms with Crippen LogP contribution in [0.3, 0.4) is 0 Å². The number of aromatic nitrogens is 2. The summed E-state index contributed by atoms with van der Waals surface area (Å²) in [5, 5.41) is 2.89. The van der Waals surface area contributed by atoms with Crippen LogP contribution in [0.5, 0.6) is 0 Å². The first kappa shape index (κ1) is 15.9. The van der Waals surface area contributed by atoms with E-state index in [1.807, 2.05) is 18.3 Å². The molecule has 0 spiro atoms. The van der Waals surface area contributed by atoms with Crippen LogP contribution in [0, 0.1) is 0 Å². The van der Waals surface area contributed by atoms with Crippen molar-refractivity contribution in [3.8, 4) is 0 Å². The molecule has 23 heavy (non-hydrogen) atoms. The molecule has 0 unspecified atom stereocenters. The molecule has 3 rings (SSSR count). The molecule has 0 aliphatic carbocycles. The number of nitrogens with zero attached hydrogens (tertiary/aromatic N) is 3. The van der Waals surface area contributed by atoms with Crippen LogP contribution in [0.4, 0.5) is 5.82 Å². The zero-order valence-corrected chi connectivity index (χ0v) is 14.4. The maximum absolute atomic E-state index is 12.1. The van der Waals surface area contributed by atoms with Crippen molar-refractivity contribution in [2.24, 2.45) is 0 Å². The first-order chi connectivity index (χ1) is 11.2. The Kier molecular flexibility index (Phi) is 5.23. The predicted octanol–water partition coefficient (Wildman–Crippen LogP) is 3.16. The van der Waals surface area contributed by atoms with E-state index in [4.69, 9.17) is 0 Å². The lowest BCUT2D eigenvalue weighted by molar-refractivity contribution is 0.0950. The Balaban J connectivity index is 1.57. The highest BCUT2D eigenvalue weighted by Crippen LogP contribution is 2.17. The third-order valence-corrected chi connectivity index (χ3v) is 4.34. The lowest BCUT2D eigenvalue weighted by Gasteiger charge is -2.27. The maximum atomic E-state index is 12.1. The smallest absolute Gasteiger partial charge is 0.253 e. The maximum Gasteiger partial charge on any atom is 0.253 e. The topological polar surface area (TPSA) is 58.1 Å². The van der Waals surface area contributed by atoms with Gasteiger partial charge in [0.2, 0.25) is 0 Å². The van der Waals surface area contributed by atoms with Crippen LogP contribution in [-0.2, 0) is 6.54 Å². The normalized spacial score (nSPS) is 14.6. The van der Waals surface area contributed by atoms with Gasteiger partial charge in [0.05, 0.1) is 5.56 Å². The minimum absolute atomic E-state index is 0.140. The summed E-state index contributed by atoms with van der Waals surface area (Å²) >= 11 is 3.32. The van der Waals surface area contributed by atoms with Gasteiger partial charge in [-0.05, 0) is 52.9 Å². The van der Waals surface area contributed by atoms with Crippen molar-refractivity contribution in [2.45, 2.75) is 25.8 Å². The Morgan fingerprint density at radius 2 is 2.00 bits per heavy atom. The molecule has 1 saturated heterocycles. The molecular formula is C17H19BrN4O. The van der Waals surface area contributed by atoms with E-state index in [0.29, 0.717) is 12.1 Å². The highest BCUT2D eigenvalue weighted by molar-refractivity contribution is 9.10. The number of piperidine rings is 1. The zero-order valence-electron chi connectivity index (χ0n) is 12.8. The number of amides is 1. The van der Waals surface area contributed by atoms with Crippen molar-refractivity contribution in [2.75, 3.05) is 18.0 Å². The van der Waals surface area contributed by atoms with Gasteiger partial charge in [-0.25, -0.2) is 4.98 Å². The molecule has 1 fully saturated rings. The lowest BCUT2D eigenvalue weighted by atomic mass is 10.1. The van der Waals surface area contributed by atoms with Gasteiger partial charge >= 0.3 is 0 Å². The van der Waals surface area contributed by atoms with Crippen molar-refractivity contribution in [3.63, 3.8) is 0 Å². The molecule has 5 nitrogen and oxygen atoms in total. The largest absolute Gasteiger partial charge is 0.357 e. The van der Waals surface area contributed by atoms with Gasteiger partial charge < -0.3 is 10.2 Å². The van der Waals surface area contributed by atoms with Gasteiger partial charge in [0.15, 0.2) is 0 Å². The van der Waals surface area contributed by atoms with Gasteiger partial charge in [-0.15, -0.1) is 0 Å². The van der Waals surface area contributed by atoms with E-state index < -0.39 is 0 Å². The van der Waals surface area contributed by atoms with Crippen molar-refractivity contribution in [1.29, 1.82) is 0 Å². The summed E-state index contributed by atoms with van der Waals surface area (Å²) in [6.45, 7) is 2.62. The molecule has 1 aliphatic heterocycles. The summed E-state index contributed by atoms with van der Waals surface area (Å²) in [5.41, 5.74) is 1.53. The van der Waals surface area contributed by atoms with Crippen LogP contribution in [-0.4, -0.2) is 29.0 Å². The van der Waals surface area contributed by atoms with Crippen LogP contribution < -0.4 is 10.2 Å². The minimum Gasteiger partial charge on any atom is -0.357 e. The van der Waals surface area contributed by atoms with E-state index in [0.717, 1.165) is 28.9 Å². The van der Waals surface area contributed by atoms with Crippen LogP contribution in [0.15, 0.2) is 41.3 Å². The fraction of sp³-hybridized carbons (Fsp3) is 0.353. The molecule has 6 heteroatoms. The molecule has 3 heterocycles. The van der Waals surface area contributed by atoms with Gasteiger partial charge in [0.1, 0.15) is 5.82 Å². The quantitative estimate of drug-likeness (QED) is 0.892.